The fourth-order valence-electron chi connectivity index (χ4n) is 3.73. The quantitative estimate of drug-likeness (QED) is 0.507. The van der Waals surface area contributed by atoms with Crippen LogP contribution >= 0.6 is 0 Å². The van der Waals surface area contributed by atoms with E-state index in [4.69, 9.17) is 0 Å². The lowest BCUT2D eigenvalue weighted by Gasteiger charge is -2.23. The lowest BCUT2D eigenvalue weighted by molar-refractivity contribution is 0.462. The highest BCUT2D eigenvalue weighted by molar-refractivity contribution is 5.50. The van der Waals surface area contributed by atoms with E-state index in [1.54, 1.807) is 0 Å². The zero-order valence-electron chi connectivity index (χ0n) is 19.0. The average Bonchev–Trinajstić information content (AvgIpc) is 2.63. The van der Waals surface area contributed by atoms with E-state index in [0.717, 1.165) is 24.0 Å². The molecule has 0 aromatic heterocycles. The van der Waals surface area contributed by atoms with Crippen LogP contribution in [-0.2, 0) is 18.3 Å². The van der Waals surface area contributed by atoms with Crippen molar-refractivity contribution in [3.05, 3.63) is 98.6 Å². The highest BCUT2D eigenvalue weighted by Gasteiger charge is 2.19. The third-order valence-corrected chi connectivity index (χ3v) is 6.07. The number of aromatic hydroxyl groups is 1. The lowest BCUT2D eigenvalue weighted by Crippen LogP contribution is -2.13. The van der Waals surface area contributed by atoms with Gasteiger partial charge in [-0.25, -0.2) is 0 Å². The molecular weight excluding hydrogens is 352 g/mol. The summed E-state index contributed by atoms with van der Waals surface area (Å²) in [5, 5.41) is 11.1. The Labute approximate surface area is 176 Å². The van der Waals surface area contributed by atoms with Crippen LogP contribution in [0.15, 0.2) is 48.5 Å². The van der Waals surface area contributed by atoms with Crippen LogP contribution in [0.3, 0.4) is 0 Å². The first-order chi connectivity index (χ1) is 13.5. The monoisotopic (exact) mass is 386 g/mol. The molecular formula is C28H34O. The van der Waals surface area contributed by atoms with Gasteiger partial charge in [0.25, 0.3) is 0 Å². The molecule has 3 aromatic carbocycles. The van der Waals surface area contributed by atoms with Crippen molar-refractivity contribution >= 4 is 0 Å². The molecule has 1 heteroatoms. The van der Waals surface area contributed by atoms with Crippen molar-refractivity contribution < 1.29 is 5.11 Å². The fraction of sp³-hybridized carbons (Fsp3) is 0.357. The van der Waals surface area contributed by atoms with Crippen LogP contribution in [0.5, 0.6) is 5.75 Å². The molecule has 0 unspecified atom stereocenters. The van der Waals surface area contributed by atoms with Crippen molar-refractivity contribution in [2.45, 2.75) is 66.7 Å². The molecule has 0 heterocycles. The van der Waals surface area contributed by atoms with E-state index in [-0.39, 0.29) is 5.41 Å². The number of benzene rings is 3. The average molecular weight is 387 g/mol. The van der Waals surface area contributed by atoms with E-state index in [1.165, 1.54) is 38.9 Å². The number of phenolic OH excluding ortho intramolecular Hbond substituents is 1. The normalized spacial score (nSPS) is 11.7. The molecule has 0 atom stereocenters. The van der Waals surface area contributed by atoms with Crippen molar-refractivity contribution in [1.29, 1.82) is 0 Å². The number of rotatable bonds is 4. The van der Waals surface area contributed by atoms with Crippen LogP contribution in [0.25, 0.3) is 0 Å². The van der Waals surface area contributed by atoms with Gasteiger partial charge in [0.05, 0.1) is 0 Å². The van der Waals surface area contributed by atoms with Crippen molar-refractivity contribution in [2.24, 2.45) is 0 Å². The number of aryl methyl sites for hydroxylation is 4. The first-order valence-electron chi connectivity index (χ1n) is 10.5. The van der Waals surface area contributed by atoms with Crippen LogP contribution in [-0.4, -0.2) is 5.11 Å². The molecule has 0 aliphatic rings. The summed E-state index contributed by atoms with van der Waals surface area (Å²) < 4.78 is 0. The van der Waals surface area contributed by atoms with Gasteiger partial charge in [0.1, 0.15) is 5.75 Å². The van der Waals surface area contributed by atoms with Crippen LogP contribution in [0.1, 0.15) is 70.8 Å². The molecule has 0 aliphatic heterocycles. The Hall–Kier alpha value is -2.54. The van der Waals surface area contributed by atoms with Crippen molar-refractivity contribution in [3.8, 4) is 5.75 Å². The third-order valence-electron chi connectivity index (χ3n) is 6.07. The number of hydrogen-bond acceptors (Lipinski definition) is 1. The second kappa shape index (κ2) is 8.06. The second-order valence-corrected chi connectivity index (χ2v) is 9.58. The molecule has 0 amide bonds. The molecule has 3 aromatic rings. The Morgan fingerprint density at radius 3 is 1.38 bits per heavy atom. The summed E-state index contributed by atoms with van der Waals surface area (Å²) in [4.78, 5) is 0. The third kappa shape index (κ3) is 4.90. The predicted molar refractivity (Wildman–Crippen MR) is 124 cm³/mol. The summed E-state index contributed by atoms with van der Waals surface area (Å²) in [7, 11) is 0. The second-order valence-electron chi connectivity index (χ2n) is 9.58. The van der Waals surface area contributed by atoms with Crippen LogP contribution < -0.4 is 0 Å². The first-order valence-corrected chi connectivity index (χ1v) is 10.5. The summed E-state index contributed by atoms with van der Waals surface area (Å²) in [6, 6.07) is 17.5. The molecule has 0 saturated carbocycles. The minimum Gasteiger partial charge on any atom is -0.507 e. The molecule has 152 valence electrons. The van der Waals surface area contributed by atoms with Crippen molar-refractivity contribution in [1.82, 2.24) is 0 Å². The molecule has 29 heavy (non-hydrogen) atoms. The molecule has 0 saturated heterocycles. The van der Waals surface area contributed by atoms with Gasteiger partial charge in [-0.1, -0.05) is 69.3 Å². The van der Waals surface area contributed by atoms with Crippen LogP contribution in [0.2, 0.25) is 0 Å². The van der Waals surface area contributed by atoms with E-state index in [1.807, 2.05) is 0 Å². The zero-order valence-corrected chi connectivity index (χ0v) is 19.0. The van der Waals surface area contributed by atoms with E-state index in [2.05, 4.69) is 97.0 Å². The number of hydrogen-bond donors (Lipinski definition) is 1. The Morgan fingerprint density at radius 1 is 0.621 bits per heavy atom. The van der Waals surface area contributed by atoms with Gasteiger partial charge in [0, 0.05) is 12.8 Å². The Bertz CT molecular complexity index is 960. The SMILES string of the molecule is Cc1ccc(Cc2cc(C(C)(C)C)cc(Cc3ccc(C)c(C)c3)c2O)cc1C. The van der Waals surface area contributed by atoms with Gasteiger partial charge in [-0.3, -0.25) is 0 Å². The van der Waals surface area contributed by atoms with E-state index in [0.29, 0.717) is 5.75 Å². The van der Waals surface area contributed by atoms with Gasteiger partial charge in [-0.15, -0.1) is 0 Å². The summed E-state index contributed by atoms with van der Waals surface area (Å²) in [5.41, 5.74) is 11.0. The van der Waals surface area contributed by atoms with Gasteiger partial charge in [0.2, 0.25) is 0 Å². The summed E-state index contributed by atoms with van der Waals surface area (Å²) in [6.45, 7) is 15.3. The summed E-state index contributed by atoms with van der Waals surface area (Å²) in [5.74, 6) is 0.439. The maximum absolute atomic E-state index is 11.1. The van der Waals surface area contributed by atoms with Gasteiger partial charge in [-0.2, -0.15) is 0 Å². The van der Waals surface area contributed by atoms with E-state index >= 15 is 0 Å². The molecule has 3 rings (SSSR count). The molecule has 0 fully saturated rings. The van der Waals surface area contributed by atoms with Crippen molar-refractivity contribution in [2.75, 3.05) is 0 Å². The van der Waals surface area contributed by atoms with Gasteiger partial charge in [0.15, 0.2) is 0 Å². The standard InChI is InChI=1S/C28H34O/c1-18-8-10-22(12-20(18)3)14-24-16-26(28(5,6)7)17-25(27(24)29)15-23-11-9-19(2)21(4)13-23/h8-13,16-17,29H,14-15H2,1-7H3. The maximum atomic E-state index is 11.1. The zero-order chi connectivity index (χ0) is 21.3. The maximum Gasteiger partial charge on any atom is 0.122 e. The Morgan fingerprint density at radius 2 is 1.03 bits per heavy atom. The summed E-state index contributed by atoms with van der Waals surface area (Å²) in [6.07, 6.45) is 1.49. The Balaban J connectivity index is 2.04. The van der Waals surface area contributed by atoms with Crippen LogP contribution in [0.4, 0.5) is 0 Å². The minimum atomic E-state index is 0.0313. The summed E-state index contributed by atoms with van der Waals surface area (Å²) >= 11 is 0. The molecule has 1 N–H and O–H groups in total. The molecule has 0 aliphatic carbocycles. The van der Waals surface area contributed by atoms with Gasteiger partial charge >= 0.3 is 0 Å². The van der Waals surface area contributed by atoms with E-state index in [9.17, 15) is 5.11 Å². The molecule has 0 bridgehead atoms. The predicted octanol–water partition coefficient (Wildman–Crippen LogP) is 7.10. The van der Waals surface area contributed by atoms with Crippen molar-refractivity contribution in [3.63, 3.8) is 0 Å². The fourth-order valence-corrected chi connectivity index (χ4v) is 3.73. The highest BCUT2D eigenvalue weighted by atomic mass is 16.3. The van der Waals surface area contributed by atoms with Gasteiger partial charge in [-0.05, 0) is 83.2 Å². The molecule has 0 spiro atoms. The minimum absolute atomic E-state index is 0.0313. The van der Waals surface area contributed by atoms with Crippen LogP contribution in [0, 0.1) is 27.7 Å². The molecule has 1 nitrogen and oxygen atoms in total. The Kier molecular flexibility index (Phi) is 5.89. The lowest BCUT2D eigenvalue weighted by atomic mass is 9.83. The topological polar surface area (TPSA) is 20.2 Å². The number of phenols is 1. The largest absolute Gasteiger partial charge is 0.507 e. The highest BCUT2D eigenvalue weighted by Crippen LogP contribution is 2.34. The molecule has 0 radical (unpaired) electrons. The van der Waals surface area contributed by atoms with E-state index < -0.39 is 0 Å². The smallest absolute Gasteiger partial charge is 0.122 e. The van der Waals surface area contributed by atoms with Gasteiger partial charge < -0.3 is 5.11 Å². The first kappa shape index (κ1) is 21.2.